The minimum Gasteiger partial charge on any atom is -0.466 e. The summed E-state index contributed by atoms with van der Waals surface area (Å²) in [5.41, 5.74) is 2.46. The number of carbonyl (C=O) groups excluding carboxylic acids is 1. The molecule has 0 bridgehead atoms. The van der Waals surface area contributed by atoms with Gasteiger partial charge in [0.05, 0.1) is 24.5 Å². The molecule has 2 N–H and O–H groups in total. The second-order valence-electron chi connectivity index (χ2n) is 5.43. The van der Waals surface area contributed by atoms with Gasteiger partial charge in [0, 0.05) is 23.6 Å². The molecule has 124 valence electrons. The Bertz CT molecular complexity index is 731. The summed E-state index contributed by atoms with van der Waals surface area (Å²) in [5.74, 6) is -0.165. The number of aromatic nitrogens is 2. The lowest BCUT2D eigenvalue weighted by molar-refractivity contribution is -0.143. The number of hydrogen-bond acceptors (Lipinski definition) is 6. The third-order valence-corrected chi connectivity index (χ3v) is 4.97. The Kier molecular flexibility index (Phi) is 4.61. The van der Waals surface area contributed by atoms with E-state index in [1.165, 1.54) is 0 Å². The predicted molar refractivity (Wildman–Crippen MR) is 90.2 cm³/mol. The highest BCUT2D eigenvalue weighted by Crippen LogP contribution is 2.43. The number of esters is 1. The van der Waals surface area contributed by atoms with Gasteiger partial charge in [-0.2, -0.15) is 0 Å². The van der Waals surface area contributed by atoms with E-state index in [0.29, 0.717) is 13.0 Å². The lowest BCUT2D eigenvalue weighted by Gasteiger charge is -2.16. The Labute approximate surface area is 138 Å². The molecule has 3 heterocycles. The van der Waals surface area contributed by atoms with Crippen molar-refractivity contribution in [3.63, 3.8) is 0 Å². The van der Waals surface area contributed by atoms with Gasteiger partial charge in [-0.3, -0.25) is 9.79 Å². The number of aryl methyl sites for hydroxylation is 1. The molecule has 23 heavy (non-hydrogen) atoms. The molecule has 2 aliphatic heterocycles. The fourth-order valence-corrected chi connectivity index (χ4v) is 4.03. The number of aliphatic imine (C=N–C) groups is 1. The second-order valence-corrected chi connectivity index (χ2v) is 6.49. The number of nitrogens with one attached hydrogen (secondary N) is 2. The Morgan fingerprint density at radius 1 is 1.43 bits per heavy atom. The first kappa shape index (κ1) is 15.9. The van der Waals surface area contributed by atoms with Crippen LogP contribution in [0.3, 0.4) is 0 Å². The molecule has 0 atom stereocenters. The Morgan fingerprint density at radius 2 is 2.26 bits per heavy atom. The van der Waals surface area contributed by atoms with Gasteiger partial charge in [0.1, 0.15) is 0 Å². The number of allylic oxidation sites excluding steroid dienone is 1. The molecule has 7 nitrogen and oxygen atoms in total. The number of nitrogens with zero attached hydrogens (tertiary/aromatic N) is 2. The molecule has 0 unspecified atom stereocenters. The van der Waals surface area contributed by atoms with E-state index in [2.05, 4.69) is 19.9 Å². The first-order valence-electron chi connectivity index (χ1n) is 7.78. The molecule has 8 heteroatoms. The van der Waals surface area contributed by atoms with Gasteiger partial charge in [0.25, 0.3) is 0 Å². The minimum absolute atomic E-state index is 0.165. The monoisotopic (exact) mass is 336 g/mol. The highest BCUT2D eigenvalue weighted by Gasteiger charge is 2.34. The molecule has 0 fully saturated rings. The van der Waals surface area contributed by atoms with Crippen molar-refractivity contribution in [1.29, 1.82) is 0 Å². The van der Waals surface area contributed by atoms with E-state index in [0.717, 1.165) is 53.1 Å². The van der Waals surface area contributed by atoms with E-state index < -0.39 is 0 Å². The van der Waals surface area contributed by atoms with Crippen molar-refractivity contribution in [2.24, 2.45) is 4.99 Å². The van der Waals surface area contributed by atoms with Gasteiger partial charge in [-0.05, 0) is 26.7 Å². The lowest BCUT2D eigenvalue weighted by Crippen LogP contribution is -2.21. The summed E-state index contributed by atoms with van der Waals surface area (Å²) in [6.07, 6.45) is 1.89. The number of hydrogen-bond donors (Lipinski definition) is 2. The van der Waals surface area contributed by atoms with Crippen LogP contribution in [0.25, 0.3) is 5.70 Å². The number of imidazole rings is 1. The molecule has 0 saturated carbocycles. The topological polar surface area (TPSA) is 90.5 Å². The molecule has 1 aromatic heterocycles. The molecule has 0 spiro atoms. The van der Waals surface area contributed by atoms with Crippen LogP contribution in [0.15, 0.2) is 14.7 Å². The lowest BCUT2D eigenvalue weighted by atomic mass is 10.1. The zero-order valence-electron chi connectivity index (χ0n) is 13.3. The van der Waals surface area contributed by atoms with Crippen molar-refractivity contribution in [1.82, 2.24) is 14.9 Å². The molecule has 0 aliphatic carbocycles. The molecule has 0 amide bonds. The molecule has 0 radical (unpaired) electrons. The number of H-pyrrole nitrogens is 2. The number of amidine groups is 1. The summed E-state index contributed by atoms with van der Waals surface area (Å²) in [7, 11) is 0. The van der Waals surface area contributed by atoms with Crippen LogP contribution in [0, 0.1) is 6.92 Å². The first-order valence-corrected chi connectivity index (χ1v) is 8.59. The zero-order chi connectivity index (χ0) is 16.4. The van der Waals surface area contributed by atoms with Crippen molar-refractivity contribution >= 4 is 28.6 Å². The quantitative estimate of drug-likeness (QED) is 0.774. The van der Waals surface area contributed by atoms with Gasteiger partial charge in [0.15, 0.2) is 5.17 Å². The van der Waals surface area contributed by atoms with Crippen molar-refractivity contribution in [3.05, 3.63) is 26.8 Å². The average molecular weight is 336 g/mol. The molecule has 2 aliphatic rings. The molecule has 1 aromatic rings. The summed E-state index contributed by atoms with van der Waals surface area (Å²) in [5, 5.41) is 0.979. The van der Waals surface area contributed by atoms with Crippen LogP contribution in [-0.2, 0) is 9.53 Å². The van der Waals surface area contributed by atoms with E-state index in [9.17, 15) is 9.59 Å². The summed E-state index contributed by atoms with van der Waals surface area (Å²) >= 11 is 1.63. The molecular weight excluding hydrogens is 316 g/mol. The van der Waals surface area contributed by atoms with E-state index >= 15 is 0 Å². The van der Waals surface area contributed by atoms with Crippen molar-refractivity contribution in [3.8, 4) is 0 Å². The van der Waals surface area contributed by atoms with Gasteiger partial charge in [-0.1, -0.05) is 11.8 Å². The van der Waals surface area contributed by atoms with Crippen molar-refractivity contribution in [2.75, 3.05) is 19.7 Å². The van der Waals surface area contributed by atoms with Crippen molar-refractivity contribution in [2.45, 2.75) is 33.1 Å². The SMILES string of the molecule is CCOC(=O)CCCC1=C(c2[nH]c(=O)[nH]c2C)N2CCN=C2S1. The highest BCUT2D eigenvalue weighted by atomic mass is 32.2. The maximum Gasteiger partial charge on any atom is 0.323 e. The van der Waals surface area contributed by atoms with Gasteiger partial charge in [-0.15, -0.1) is 0 Å². The molecular formula is C15H20N4O3S. The Hall–Kier alpha value is -1.96. The van der Waals surface area contributed by atoms with E-state index in [-0.39, 0.29) is 11.7 Å². The van der Waals surface area contributed by atoms with E-state index in [1.54, 1.807) is 11.8 Å². The largest absolute Gasteiger partial charge is 0.466 e. The van der Waals surface area contributed by atoms with Crippen LogP contribution in [0.4, 0.5) is 0 Å². The molecule has 0 aromatic carbocycles. The predicted octanol–water partition coefficient (Wildman–Crippen LogP) is 1.83. The van der Waals surface area contributed by atoms with E-state index in [4.69, 9.17) is 4.74 Å². The number of rotatable bonds is 6. The highest BCUT2D eigenvalue weighted by molar-refractivity contribution is 8.17. The maximum atomic E-state index is 11.6. The van der Waals surface area contributed by atoms with Gasteiger partial charge in [0.2, 0.25) is 0 Å². The van der Waals surface area contributed by atoms with Crippen LogP contribution >= 0.6 is 11.8 Å². The van der Waals surface area contributed by atoms with E-state index in [1.807, 2.05) is 13.8 Å². The minimum atomic E-state index is -0.203. The standard InChI is InChI=1S/C15H20N4O3S/c1-3-22-11(20)6-4-5-10-13(12-9(2)17-14(21)18-12)19-8-7-16-15(19)23-10/h3-8H2,1-2H3,(H2,17,18,21). The summed E-state index contributed by atoms with van der Waals surface area (Å²) in [6, 6.07) is 0. The molecule has 3 rings (SSSR count). The number of thioether (sulfide) groups is 1. The summed E-state index contributed by atoms with van der Waals surface area (Å²) < 4.78 is 4.97. The number of carbonyl (C=O) groups is 1. The number of ether oxygens (including phenoxy) is 1. The van der Waals surface area contributed by atoms with Crippen LogP contribution in [0.2, 0.25) is 0 Å². The normalized spacial score (nSPS) is 16.8. The fourth-order valence-electron chi connectivity index (χ4n) is 2.81. The van der Waals surface area contributed by atoms with Crippen LogP contribution < -0.4 is 5.69 Å². The zero-order valence-corrected chi connectivity index (χ0v) is 14.1. The number of fused-ring (bicyclic) bond motifs is 1. The average Bonchev–Trinajstić information content (AvgIpc) is 3.14. The Balaban J connectivity index is 1.80. The summed E-state index contributed by atoms with van der Waals surface area (Å²) in [4.78, 5) is 36.5. The van der Waals surface area contributed by atoms with Crippen LogP contribution in [-0.4, -0.2) is 45.7 Å². The molecule has 0 saturated heterocycles. The van der Waals surface area contributed by atoms with Crippen LogP contribution in [0.5, 0.6) is 0 Å². The fraction of sp³-hybridized carbons (Fsp3) is 0.533. The summed E-state index contributed by atoms with van der Waals surface area (Å²) in [6.45, 7) is 5.70. The maximum absolute atomic E-state index is 11.6. The van der Waals surface area contributed by atoms with Gasteiger partial charge < -0.3 is 19.6 Å². The van der Waals surface area contributed by atoms with Gasteiger partial charge in [-0.25, -0.2) is 4.79 Å². The number of aromatic amines is 2. The van der Waals surface area contributed by atoms with Crippen molar-refractivity contribution < 1.29 is 9.53 Å². The van der Waals surface area contributed by atoms with Gasteiger partial charge >= 0.3 is 11.7 Å². The first-order chi connectivity index (χ1) is 11.1. The second kappa shape index (κ2) is 6.66. The van der Waals surface area contributed by atoms with Crippen LogP contribution in [0.1, 0.15) is 37.6 Å². The smallest absolute Gasteiger partial charge is 0.323 e. The third-order valence-electron chi connectivity index (χ3n) is 3.79. The Morgan fingerprint density at radius 3 is 2.96 bits per heavy atom. The third kappa shape index (κ3) is 3.21.